The molecule has 0 radical (unpaired) electrons. The maximum absolute atomic E-state index is 14.0. The first kappa shape index (κ1) is 24.0. The van der Waals surface area contributed by atoms with Crippen LogP contribution in [0.25, 0.3) is 10.9 Å². The Morgan fingerprint density at radius 2 is 1.83 bits per heavy atom. The van der Waals surface area contributed by atoms with E-state index in [0.717, 1.165) is 5.56 Å². The van der Waals surface area contributed by atoms with Crippen LogP contribution >= 0.6 is 0 Å². The molecule has 35 heavy (non-hydrogen) atoms. The summed E-state index contributed by atoms with van der Waals surface area (Å²) in [5.41, 5.74) is -0.341. The average molecular weight is 502 g/mol. The molecule has 1 N–H and O–H groups in total. The van der Waals surface area contributed by atoms with Crippen molar-refractivity contribution in [1.29, 1.82) is 0 Å². The number of aryl methyl sites for hydroxylation is 1. The van der Waals surface area contributed by atoms with Crippen molar-refractivity contribution in [3.8, 4) is 0 Å². The van der Waals surface area contributed by atoms with Crippen molar-refractivity contribution >= 4 is 26.9 Å². The fourth-order valence-corrected chi connectivity index (χ4v) is 6.60. The Labute approximate surface area is 203 Å². The maximum atomic E-state index is 14.0. The second-order valence-corrected chi connectivity index (χ2v) is 11.1. The number of aliphatic hydroxyl groups is 1. The maximum Gasteiger partial charge on any atom is 0.344 e. The van der Waals surface area contributed by atoms with Crippen molar-refractivity contribution in [2.45, 2.75) is 55.4 Å². The minimum Gasteiger partial charge on any atom is -0.467 e. The van der Waals surface area contributed by atoms with Crippen molar-refractivity contribution in [3.05, 3.63) is 65.9 Å². The first-order valence-electron chi connectivity index (χ1n) is 11.2. The summed E-state index contributed by atoms with van der Waals surface area (Å²) in [6.45, 7) is 4.68. The van der Waals surface area contributed by atoms with E-state index in [4.69, 9.17) is 18.9 Å². The zero-order valence-electron chi connectivity index (χ0n) is 19.8. The Balaban J connectivity index is 1.79. The van der Waals surface area contributed by atoms with Crippen LogP contribution in [0.15, 0.2) is 59.5 Å². The lowest BCUT2D eigenvalue weighted by molar-refractivity contribution is -0.218. The van der Waals surface area contributed by atoms with Crippen LogP contribution < -0.4 is 0 Å². The van der Waals surface area contributed by atoms with Crippen LogP contribution in [0.3, 0.4) is 0 Å². The third-order valence-electron chi connectivity index (χ3n) is 6.49. The molecule has 186 valence electrons. The molecule has 9 nitrogen and oxygen atoms in total. The predicted molar refractivity (Wildman–Crippen MR) is 125 cm³/mol. The summed E-state index contributed by atoms with van der Waals surface area (Å²) in [6.07, 6.45) is -3.21. The minimum absolute atomic E-state index is 0.0787. The topological polar surface area (TPSA) is 113 Å². The van der Waals surface area contributed by atoms with Crippen LogP contribution in [0.4, 0.5) is 0 Å². The molecule has 0 bridgehead atoms. The molecule has 2 aromatic carbocycles. The van der Waals surface area contributed by atoms with Crippen molar-refractivity contribution in [1.82, 2.24) is 3.97 Å². The van der Waals surface area contributed by atoms with Gasteiger partial charge in [0.25, 0.3) is 10.0 Å². The number of esters is 1. The van der Waals surface area contributed by atoms with Gasteiger partial charge < -0.3 is 24.1 Å². The van der Waals surface area contributed by atoms with E-state index in [-0.39, 0.29) is 10.6 Å². The van der Waals surface area contributed by atoms with Gasteiger partial charge in [-0.3, -0.25) is 0 Å². The Morgan fingerprint density at radius 1 is 1.14 bits per heavy atom. The van der Waals surface area contributed by atoms with Gasteiger partial charge in [-0.15, -0.1) is 0 Å². The monoisotopic (exact) mass is 501 g/mol. The van der Waals surface area contributed by atoms with E-state index < -0.39 is 52.3 Å². The molecule has 2 fully saturated rings. The third kappa shape index (κ3) is 3.51. The highest BCUT2D eigenvalue weighted by molar-refractivity contribution is 7.90. The fraction of sp³-hybridized carbons (Fsp3) is 0.400. The molecule has 0 aliphatic carbocycles. The highest BCUT2D eigenvalue weighted by atomic mass is 32.2. The number of carbonyl (C=O) groups excluding carboxylic acids is 1. The van der Waals surface area contributed by atoms with Gasteiger partial charge in [-0.05, 0) is 45.0 Å². The lowest BCUT2D eigenvalue weighted by Crippen LogP contribution is -2.51. The summed E-state index contributed by atoms with van der Waals surface area (Å²) in [4.78, 5) is 13.4. The molecule has 10 heteroatoms. The minimum atomic E-state index is -4.12. The SMILES string of the molecule is COC(=O)[C@]12OC(C)(C)O[C@H]1[C@H](CO)OC2c1cc2ccccc2n1S(=O)(=O)c1ccc(C)cc1. The number of rotatable bonds is 5. The van der Waals surface area contributed by atoms with Crippen molar-refractivity contribution in [2.75, 3.05) is 13.7 Å². The molecule has 3 heterocycles. The number of carbonyl (C=O) groups is 1. The van der Waals surface area contributed by atoms with Crippen LogP contribution in [0.2, 0.25) is 0 Å². The van der Waals surface area contributed by atoms with E-state index in [1.807, 2.05) is 6.92 Å². The van der Waals surface area contributed by atoms with Gasteiger partial charge in [0.1, 0.15) is 18.3 Å². The molecule has 3 aromatic rings. The molecule has 1 unspecified atom stereocenters. The van der Waals surface area contributed by atoms with Crippen molar-refractivity contribution in [3.63, 3.8) is 0 Å². The van der Waals surface area contributed by atoms with E-state index in [0.29, 0.717) is 10.9 Å². The second-order valence-electron chi connectivity index (χ2n) is 9.27. The molecule has 4 atom stereocenters. The van der Waals surface area contributed by atoms with Gasteiger partial charge in [-0.2, -0.15) is 0 Å². The Hall–Kier alpha value is -2.76. The van der Waals surface area contributed by atoms with Crippen molar-refractivity contribution in [2.24, 2.45) is 0 Å². The van der Waals surface area contributed by atoms with E-state index in [1.165, 1.54) is 23.2 Å². The Bertz CT molecular complexity index is 1390. The predicted octanol–water partition coefficient (Wildman–Crippen LogP) is 2.68. The number of hydrogen-bond donors (Lipinski definition) is 1. The van der Waals surface area contributed by atoms with E-state index in [2.05, 4.69) is 0 Å². The lowest BCUT2D eigenvalue weighted by Gasteiger charge is -2.31. The average Bonchev–Trinajstić information content (AvgIpc) is 3.44. The summed E-state index contributed by atoms with van der Waals surface area (Å²) < 4.78 is 52.5. The van der Waals surface area contributed by atoms with Crippen molar-refractivity contribution < 1.29 is 37.3 Å². The first-order chi connectivity index (χ1) is 16.5. The Kier molecular flexibility index (Phi) is 5.57. The van der Waals surface area contributed by atoms with Crippen LogP contribution in [0, 0.1) is 6.92 Å². The van der Waals surface area contributed by atoms with Gasteiger partial charge in [0.2, 0.25) is 5.60 Å². The molecular formula is C25H27NO8S. The van der Waals surface area contributed by atoms with Crippen LogP contribution in [0.5, 0.6) is 0 Å². The summed E-state index contributed by atoms with van der Waals surface area (Å²) in [7, 11) is -2.91. The second kappa shape index (κ2) is 8.14. The van der Waals surface area contributed by atoms with E-state index >= 15 is 0 Å². The van der Waals surface area contributed by atoms with Gasteiger partial charge in [-0.1, -0.05) is 35.9 Å². The zero-order valence-corrected chi connectivity index (χ0v) is 20.6. The fourth-order valence-electron chi connectivity index (χ4n) is 5.05. The molecular weight excluding hydrogens is 474 g/mol. The zero-order chi connectivity index (χ0) is 25.2. The molecule has 5 rings (SSSR count). The highest BCUT2D eigenvalue weighted by Gasteiger charge is 2.72. The lowest BCUT2D eigenvalue weighted by atomic mass is 9.89. The van der Waals surface area contributed by atoms with Gasteiger partial charge in [0, 0.05) is 5.39 Å². The molecule has 1 aromatic heterocycles. The van der Waals surface area contributed by atoms with E-state index in [1.54, 1.807) is 56.3 Å². The third-order valence-corrected chi connectivity index (χ3v) is 8.25. The van der Waals surface area contributed by atoms with E-state index in [9.17, 15) is 18.3 Å². The quantitative estimate of drug-likeness (QED) is 0.531. The molecule has 2 aliphatic heterocycles. The molecule has 0 amide bonds. The number of benzene rings is 2. The number of aliphatic hydroxyl groups excluding tert-OH is 1. The van der Waals surface area contributed by atoms with Gasteiger partial charge in [0.15, 0.2) is 5.79 Å². The van der Waals surface area contributed by atoms with Gasteiger partial charge in [-0.25, -0.2) is 17.2 Å². The molecule has 0 saturated carbocycles. The van der Waals surface area contributed by atoms with Crippen LogP contribution in [-0.2, 0) is 33.8 Å². The molecule has 2 aliphatic rings. The number of hydrogen-bond acceptors (Lipinski definition) is 8. The van der Waals surface area contributed by atoms with Crippen LogP contribution in [0.1, 0.15) is 31.2 Å². The standard InChI is InChI=1S/C25H27NO8S/c1-15-9-11-17(12-10-15)35(29,30)26-18-8-6-5-7-16(18)13-19(26)21-25(23(28)31-4)22(20(14-27)32-21)33-24(2,3)34-25/h5-13,20-22,27H,14H2,1-4H3/t20-,21?,22-,25+/m0/s1. The number of para-hydroxylation sites is 1. The molecule has 2 saturated heterocycles. The summed E-state index contributed by atoms with van der Waals surface area (Å²) in [5.74, 6) is -1.99. The summed E-state index contributed by atoms with van der Waals surface area (Å²) in [5, 5.41) is 10.7. The first-order valence-corrected chi connectivity index (χ1v) is 12.6. The highest BCUT2D eigenvalue weighted by Crippen LogP contribution is 2.54. The molecule has 0 spiro atoms. The van der Waals surface area contributed by atoms with Gasteiger partial charge in [0.05, 0.1) is 29.8 Å². The largest absolute Gasteiger partial charge is 0.467 e. The number of aromatic nitrogens is 1. The Morgan fingerprint density at radius 3 is 2.49 bits per heavy atom. The summed E-state index contributed by atoms with van der Waals surface area (Å²) in [6, 6.07) is 15.1. The van der Waals surface area contributed by atoms with Gasteiger partial charge >= 0.3 is 5.97 Å². The normalized spacial score (nSPS) is 27.7. The smallest absolute Gasteiger partial charge is 0.344 e. The number of fused-ring (bicyclic) bond motifs is 2. The van der Waals surface area contributed by atoms with Crippen LogP contribution in [-0.4, -0.2) is 60.8 Å². The summed E-state index contributed by atoms with van der Waals surface area (Å²) >= 11 is 0. The number of nitrogens with zero attached hydrogens (tertiary/aromatic N) is 1. The number of ether oxygens (including phenoxy) is 4. The number of methoxy groups -OCH3 is 1.